The van der Waals surface area contributed by atoms with Crippen LogP contribution in [0.25, 0.3) is 11.0 Å². The SMILES string of the molecule is Oc1c(Br)cc2nccnc2c1F. The minimum atomic E-state index is -0.752. The molecule has 1 aromatic carbocycles. The normalized spacial score (nSPS) is 10.6. The van der Waals surface area contributed by atoms with Crippen LogP contribution in [-0.2, 0) is 0 Å². The second-order valence-electron chi connectivity index (χ2n) is 2.45. The fraction of sp³-hybridized carbons (Fsp3) is 0. The number of phenols is 1. The van der Waals surface area contributed by atoms with Gasteiger partial charge in [-0.2, -0.15) is 0 Å². The molecule has 0 amide bonds. The summed E-state index contributed by atoms with van der Waals surface area (Å²) in [7, 11) is 0. The zero-order valence-corrected chi connectivity index (χ0v) is 7.92. The summed E-state index contributed by atoms with van der Waals surface area (Å²) in [6.07, 6.45) is 2.84. The van der Waals surface area contributed by atoms with E-state index in [9.17, 15) is 9.50 Å². The molecule has 5 heteroatoms. The molecule has 0 fully saturated rings. The molecular weight excluding hydrogens is 239 g/mol. The quantitative estimate of drug-likeness (QED) is 0.771. The van der Waals surface area contributed by atoms with Crippen molar-refractivity contribution in [2.24, 2.45) is 0 Å². The number of benzene rings is 1. The Hall–Kier alpha value is -1.23. The van der Waals surface area contributed by atoms with E-state index in [1.165, 1.54) is 18.5 Å². The van der Waals surface area contributed by atoms with Crippen molar-refractivity contribution in [3.8, 4) is 5.75 Å². The Morgan fingerprint density at radius 3 is 2.77 bits per heavy atom. The number of aromatic nitrogens is 2. The van der Waals surface area contributed by atoms with E-state index >= 15 is 0 Å². The Morgan fingerprint density at radius 2 is 2.00 bits per heavy atom. The Labute approximate surface area is 81.4 Å². The number of phenolic OH excluding ortho intramolecular Hbond substituents is 1. The molecule has 2 rings (SSSR count). The van der Waals surface area contributed by atoms with Gasteiger partial charge in [0.05, 0.1) is 9.99 Å². The number of hydrogen-bond acceptors (Lipinski definition) is 3. The van der Waals surface area contributed by atoms with Crippen molar-refractivity contribution in [1.82, 2.24) is 9.97 Å². The monoisotopic (exact) mass is 242 g/mol. The molecule has 0 bridgehead atoms. The van der Waals surface area contributed by atoms with Crippen molar-refractivity contribution < 1.29 is 9.50 Å². The molecule has 3 nitrogen and oxygen atoms in total. The van der Waals surface area contributed by atoms with Crippen LogP contribution in [-0.4, -0.2) is 15.1 Å². The maximum atomic E-state index is 13.3. The van der Waals surface area contributed by atoms with Crippen LogP contribution in [0.5, 0.6) is 5.75 Å². The molecule has 0 aliphatic rings. The van der Waals surface area contributed by atoms with Crippen molar-refractivity contribution in [2.75, 3.05) is 0 Å². The Balaban J connectivity index is 2.94. The van der Waals surface area contributed by atoms with E-state index < -0.39 is 11.6 Å². The fourth-order valence-corrected chi connectivity index (χ4v) is 1.42. The average Bonchev–Trinajstić information content (AvgIpc) is 2.15. The number of nitrogens with zero attached hydrogens (tertiary/aromatic N) is 2. The van der Waals surface area contributed by atoms with Crippen LogP contribution in [0.3, 0.4) is 0 Å². The molecule has 1 aromatic heterocycles. The van der Waals surface area contributed by atoms with Crippen LogP contribution in [0.1, 0.15) is 0 Å². The van der Waals surface area contributed by atoms with Gasteiger partial charge in [-0.05, 0) is 22.0 Å². The lowest BCUT2D eigenvalue weighted by Gasteiger charge is -2.01. The standard InChI is InChI=1S/C8H4BrFN2O/c9-4-3-5-7(6(10)8(4)13)12-2-1-11-5/h1-3,13H. The van der Waals surface area contributed by atoms with Gasteiger partial charge in [0.2, 0.25) is 0 Å². The van der Waals surface area contributed by atoms with E-state index in [1.807, 2.05) is 0 Å². The Kier molecular flexibility index (Phi) is 1.88. The molecule has 66 valence electrons. The summed E-state index contributed by atoms with van der Waals surface area (Å²) in [5.41, 5.74) is 0.480. The van der Waals surface area contributed by atoms with Gasteiger partial charge < -0.3 is 5.11 Å². The van der Waals surface area contributed by atoms with E-state index in [4.69, 9.17) is 0 Å². The highest BCUT2D eigenvalue weighted by Gasteiger charge is 2.11. The van der Waals surface area contributed by atoms with E-state index in [0.717, 1.165) is 0 Å². The first kappa shape index (κ1) is 8.37. The molecule has 0 radical (unpaired) electrons. The van der Waals surface area contributed by atoms with Crippen LogP contribution in [0, 0.1) is 5.82 Å². The van der Waals surface area contributed by atoms with Crippen LogP contribution in [0.4, 0.5) is 4.39 Å². The fourth-order valence-electron chi connectivity index (χ4n) is 1.03. The molecule has 2 aromatic rings. The summed E-state index contributed by atoms with van der Waals surface area (Å²) in [5, 5.41) is 9.21. The predicted molar refractivity (Wildman–Crippen MR) is 48.9 cm³/mol. The first-order chi connectivity index (χ1) is 6.20. The summed E-state index contributed by atoms with van der Waals surface area (Å²) in [4.78, 5) is 7.66. The summed E-state index contributed by atoms with van der Waals surface area (Å²) in [5.74, 6) is -1.19. The molecule has 0 aliphatic carbocycles. The van der Waals surface area contributed by atoms with E-state index in [-0.39, 0.29) is 9.99 Å². The molecule has 13 heavy (non-hydrogen) atoms. The van der Waals surface area contributed by atoms with Crippen molar-refractivity contribution in [3.63, 3.8) is 0 Å². The average molecular weight is 243 g/mol. The van der Waals surface area contributed by atoms with Gasteiger partial charge in [0.15, 0.2) is 11.6 Å². The largest absolute Gasteiger partial charge is 0.504 e. The molecule has 0 aliphatic heterocycles. The summed E-state index contributed by atoms with van der Waals surface area (Å²) in [6, 6.07) is 1.51. The molecule has 0 atom stereocenters. The predicted octanol–water partition coefficient (Wildman–Crippen LogP) is 2.24. The second kappa shape index (κ2) is 2.92. The van der Waals surface area contributed by atoms with E-state index in [2.05, 4.69) is 25.9 Å². The Morgan fingerprint density at radius 1 is 1.31 bits per heavy atom. The van der Waals surface area contributed by atoms with Crippen molar-refractivity contribution >= 4 is 27.0 Å². The summed E-state index contributed by atoms with van der Waals surface area (Å²) in [6.45, 7) is 0. The number of fused-ring (bicyclic) bond motifs is 1. The molecule has 1 heterocycles. The van der Waals surface area contributed by atoms with Gasteiger partial charge in [0.1, 0.15) is 5.52 Å². The topological polar surface area (TPSA) is 46.0 Å². The third-order valence-electron chi connectivity index (χ3n) is 1.63. The summed E-state index contributed by atoms with van der Waals surface area (Å²) >= 11 is 3.01. The van der Waals surface area contributed by atoms with Crippen LogP contribution in [0.15, 0.2) is 22.9 Å². The highest BCUT2D eigenvalue weighted by Crippen LogP contribution is 2.31. The summed E-state index contributed by atoms with van der Waals surface area (Å²) < 4.78 is 13.6. The minimum Gasteiger partial charge on any atom is -0.504 e. The van der Waals surface area contributed by atoms with Gasteiger partial charge in [0, 0.05) is 12.4 Å². The zero-order chi connectivity index (χ0) is 9.42. The lowest BCUT2D eigenvalue weighted by molar-refractivity contribution is 0.432. The van der Waals surface area contributed by atoms with Crippen LogP contribution in [0.2, 0.25) is 0 Å². The lowest BCUT2D eigenvalue weighted by atomic mass is 10.2. The van der Waals surface area contributed by atoms with Gasteiger partial charge in [-0.15, -0.1) is 0 Å². The minimum absolute atomic E-state index is 0.0724. The van der Waals surface area contributed by atoms with Gasteiger partial charge in [0.25, 0.3) is 0 Å². The van der Waals surface area contributed by atoms with Crippen LogP contribution >= 0.6 is 15.9 Å². The van der Waals surface area contributed by atoms with Crippen molar-refractivity contribution in [2.45, 2.75) is 0 Å². The number of hydrogen-bond donors (Lipinski definition) is 1. The maximum absolute atomic E-state index is 13.3. The first-order valence-electron chi connectivity index (χ1n) is 3.48. The third kappa shape index (κ3) is 1.25. The van der Waals surface area contributed by atoms with Gasteiger partial charge >= 0.3 is 0 Å². The molecule has 1 N–H and O–H groups in total. The smallest absolute Gasteiger partial charge is 0.193 e. The van der Waals surface area contributed by atoms with Crippen molar-refractivity contribution in [1.29, 1.82) is 0 Å². The lowest BCUT2D eigenvalue weighted by Crippen LogP contribution is -1.88. The Bertz CT molecular complexity index is 475. The van der Waals surface area contributed by atoms with E-state index in [0.29, 0.717) is 5.52 Å². The molecule has 0 unspecified atom stereocenters. The number of rotatable bonds is 0. The zero-order valence-electron chi connectivity index (χ0n) is 6.33. The third-order valence-corrected chi connectivity index (χ3v) is 2.24. The molecule has 0 spiro atoms. The molecule has 0 saturated heterocycles. The first-order valence-corrected chi connectivity index (χ1v) is 4.27. The van der Waals surface area contributed by atoms with E-state index in [1.54, 1.807) is 0 Å². The van der Waals surface area contributed by atoms with Gasteiger partial charge in [-0.1, -0.05) is 0 Å². The highest BCUT2D eigenvalue weighted by atomic mass is 79.9. The number of aromatic hydroxyl groups is 1. The maximum Gasteiger partial charge on any atom is 0.193 e. The van der Waals surface area contributed by atoms with Gasteiger partial charge in [-0.25, -0.2) is 9.37 Å². The van der Waals surface area contributed by atoms with Gasteiger partial charge in [-0.3, -0.25) is 4.98 Å². The molecular formula is C8H4BrFN2O. The number of halogens is 2. The molecule has 0 saturated carbocycles. The highest BCUT2D eigenvalue weighted by molar-refractivity contribution is 9.10. The second-order valence-corrected chi connectivity index (χ2v) is 3.30. The van der Waals surface area contributed by atoms with Crippen molar-refractivity contribution in [3.05, 3.63) is 28.7 Å². The van der Waals surface area contributed by atoms with Crippen LogP contribution < -0.4 is 0 Å².